The lowest BCUT2D eigenvalue weighted by molar-refractivity contribution is -0.175. The molecule has 20 heavy (non-hydrogen) atoms. The van der Waals surface area contributed by atoms with Gasteiger partial charge in [-0.1, -0.05) is 40.0 Å². The number of nitrogens with one attached hydrogen (secondary N) is 1. The number of fused-ring (bicyclic) bond motifs is 1. The molecule has 4 heteroatoms. The van der Waals surface area contributed by atoms with Crippen LogP contribution >= 0.6 is 0 Å². The Hall–Kier alpha value is -0.610. The smallest absolute Gasteiger partial charge is 0.241 e. The van der Waals surface area contributed by atoms with E-state index in [0.29, 0.717) is 0 Å². The zero-order valence-corrected chi connectivity index (χ0v) is 13.4. The van der Waals surface area contributed by atoms with Crippen molar-refractivity contribution in [1.29, 1.82) is 0 Å². The van der Waals surface area contributed by atoms with Gasteiger partial charge in [-0.15, -0.1) is 0 Å². The number of nitrogens with two attached hydrogens (primary N) is 1. The number of unbranched alkanes of at least 4 members (excludes halogenated alkanes) is 2. The summed E-state index contributed by atoms with van der Waals surface area (Å²) in [5, 5.41) is 3.13. The molecule has 2 aliphatic rings. The minimum atomic E-state index is -0.771. The minimum Gasteiger partial charge on any atom is -0.377 e. The fourth-order valence-corrected chi connectivity index (χ4v) is 3.96. The number of ether oxygens (including phenoxy) is 1. The molecule has 1 saturated heterocycles. The molecule has 1 aliphatic heterocycles. The lowest BCUT2D eigenvalue weighted by atomic mass is 9.48. The van der Waals surface area contributed by atoms with Gasteiger partial charge in [0.2, 0.25) is 5.91 Å². The number of hydrogen-bond acceptors (Lipinski definition) is 3. The topological polar surface area (TPSA) is 64.4 Å². The second-order valence-electron chi connectivity index (χ2n) is 7.15. The van der Waals surface area contributed by atoms with Crippen molar-refractivity contribution >= 4 is 5.91 Å². The van der Waals surface area contributed by atoms with E-state index in [1.54, 1.807) is 0 Å². The maximum atomic E-state index is 12.7. The molecule has 0 aromatic rings. The number of amides is 1. The molecule has 1 heterocycles. The number of carbonyl (C=O) groups is 1. The quantitative estimate of drug-likeness (QED) is 0.734. The average molecular weight is 282 g/mol. The first kappa shape index (κ1) is 15.8. The van der Waals surface area contributed by atoms with Crippen LogP contribution in [0.3, 0.4) is 0 Å². The lowest BCUT2D eigenvalue weighted by Crippen LogP contribution is -2.80. The van der Waals surface area contributed by atoms with Gasteiger partial charge in [-0.2, -0.15) is 0 Å². The Balaban J connectivity index is 1.94. The second kappa shape index (κ2) is 5.64. The van der Waals surface area contributed by atoms with Crippen LogP contribution in [0.4, 0.5) is 0 Å². The molecule has 2 fully saturated rings. The molecule has 1 amide bonds. The van der Waals surface area contributed by atoms with Crippen LogP contribution in [0.5, 0.6) is 0 Å². The summed E-state index contributed by atoms with van der Waals surface area (Å²) < 4.78 is 5.74. The van der Waals surface area contributed by atoms with Gasteiger partial charge in [0.25, 0.3) is 0 Å². The zero-order chi connectivity index (χ0) is 15.0. The highest BCUT2D eigenvalue weighted by Crippen LogP contribution is 2.58. The molecule has 0 radical (unpaired) electrons. The normalized spacial score (nSPS) is 36.0. The van der Waals surface area contributed by atoms with Gasteiger partial charge in [-0.3, -0.25) is 4.79 Å². The molecular weight excluding hydrogens is 252 g/mol. The van der Waals surface area contributed by atoms with E-state index in [0.717, 1.165) is 25.9 Å². The Labute approximate surface area is 122 Å². The van der Waals surface area contributed by atoms with Crippen LogP contribution in [-0.4, -0.2) is 30.2 Å². The van der Waals surface area contributed by atoms with Gasteiger partial charge < -0.3 is 15.8 Å². The van der Waals surface area contributed by atoms with Crippen molar-refractivity contribution in [2.24, 2.45) is 17.1 Å². The molecule has 0 spiro atoms. The van der Waals surface area contributed by atoms with Gasteiger partial charge in [0.1, 0.15) is 5.54 Å². The summed E-state index contributed by atoms with van der Waals surface area (Å²) in [6, 6.07) is 0.201. The molecule has 4 atom stereocenters. The van der Waals surface area contributed by atoms with Crippen LogP contribution in [0.2, 0.25) is 0 Å². The fourth-order valence-electron chi connectivity index (χ4n) is 3.96. The number of rotatable bonds is 6. The summed E-state index contributed by atoms with van der Waals surface area (Å²) in [6.07, 6.45) is 5.67. The van der Waals surface area contributed by atoms with E-state index in [1.807, 2.05) is 0 Å². The first-order valence-electron chi connectivity index (χ1n) is 8.07. The lowest BCUT2D eigenvalue weighted by Gasteiger charge is -2.60. The van der Waals surface area contributed by atoms with Crippen LogP contribution in [0.1, 0.15) is 59.8 Å². The standard InChI is InChI=1S/C16H30N2O2/c1-5-6-7-8-11(2)18-14(19)16(17)12-9-10-20-13(12)15(16,3)4/h11-13H,5-10,17H2,1-4H3,(H,18,19). The third kappa shape index (κ3) is 2.27. The van der Waals surface area contributed by atoms with Crippen molar-refractivity contribution in [2.75, 3.05) is 6.61 Å². The van der Waals surface area contributed by atoms with Gasteiger partial charge in [-0.05, 0) is 19.8 Å². The third-order valence-electron chi connectivity index (χ3n) is 5.45. The van der Waals surface area contributed by atoms with Crippen molar-refractivity contribution in [3.63, 3.8) is 0 Å². The molecule has 3 N–H and O–H groups in total. The zero-order valence-electron chi connectivity index (χ0n) is 13.4. The predicted octanol–water partition coefficient (Wildman–Crippen LogP) is 2.21. The van der Waals surface area contributed by atoms with Crippen molar-refractivity contribution < 1.29 is 9.53 Å². The van der Waals surface area contributed by atoms with Crippen molar-refractivity contribution in [2.45, 2.75) is 77.5 Å². The van der Waals surface area contributed by atoms with Gasteiger partial charge in [0.15, 0.2) is 0 Å². The molecule has 0 aromatic carbocycles. The molecule has 1 aliphatic carbocycles. The molecule has 0 bridgehead atoms. The maximum absolute atomic E-state index is 12.7. The highest BCUT2D eigenvalue weighted by atomic mass is 16.5. The van der Waals surface area contributed by atoms with Gasteiger partial charge in [0, 0.05) is 24.0 Å². The van der Waals surface area contributed by atoms with Crippen molar-refractivity contribution in [3.8, 4) is 0 Å². The Morgan fingerprint density at radius 3 is 2.80 bits per heavy atom. The van der Waals surface area contributed by atoms with Crippen LogP contribution in [0, 0.1) is 11.3 Å². The van der Waals surface area contributed by atoms with E-state index in [-0.39, 0.29) is 29.4 Å². The summed E-state index contributed by atoms with van der Waals surface area (Å²) >= 11 is 0. The van der Waals surface area contributed by atoms with Crippen molar-refractivity contribution in [3.05, 3.63) is 0 Å². The van der Waals surface area contributed by atoms with Crippen molar-refractivity contribution in [1.82, 2.24) is 5.32 Å². The summed E-state index contributed by atoms with van der Waals surface area (Å²) in [7, 11) is 0. The average Bonchev–Trinajstić information content (AvgIpc) is 2.85. The summed E-state index contributed by atoms with van der Waals surface area (Å²) in [6.45, 7) is 9.11. The molecule has 1 saturated carbocycles. The molecule has 0 aromatic heterocycles. The largest absolute Gasteiger partial charge is 0.377 e. The summed E-state index contributed by atoms with van der Waals surface area (Å²) in [5.41, 5.74) is 5.47. The van der Waals surface area contributed by atoms with E-state index >= 15 is 0 Å². The van der Waals surface area contributed by atoms with E-state index in [4.69, 9.17) is 10.5 Å². The third-order valence-corrected chi connectivity index (χ3v) is 5.45. The fraction of sp³-hybridized carbons (Fsp3) is 0.938. The molecule has 4 unspecified atom stereocenters. The maximum Gasteiger partial charge on any atom is 0.241 e. The van der Waals surface area contributed by atoms with Gasteiger partial charge in [-0.25, -0.2) is 0 Å². The van der Waals surface area contributed by atoms with E-state index in [1.165, 1.54) is 12.8 Å². The van der Waals surface area contributed by atoms with Crippen LogP contribution in [0.15, 0.2) is 0 Å². The first-order valence-corrected chi connectivity index (χ1v) is 8.07. The van der Waals surface area contributed by atoms with E-state index in [9.17, 15) is 4.79 Å². The first-order chi connectivity index (χ1) is 9.35. The van der Waals surface area contributed by atoms with Gasteiger partial charge >= 0.3 is 0 Å². The molecule has 116 valence electrons. The second-order valence-corrected chi connectivity index (χ2v) is 7.15. The Morgan fingerprint density at radius 1 is 1.45 bits per heavy atom. The SMILES string of the molecule is CCCCCC(C)NC(=O)C1(N)C2CCOC2C1(C)C. The molecule has 4 nitrogen and oxygen atoms in total. The van der Waals surface area contributed by atoms with Crippen LogP contribution in [0.25, 0.3) is 0 Å². The Morgan fingerprint density at radius 2 is 2.15 bits per heavy atom. The minimum absolute atomic E-state index is 0.0123. The number of carbonyl (C=O) groups excluding carboxylic acids is 1. The number of hydrogen-bond donors (Lipinski definition) is 2. The summed E-state index contributed by atoms with van der Waals surface area (Å²) in [4.78, 5) is 12.7. The Kier molecular flexibility index (Phi) is 4.45. The highest BCUT2D eigenvalue weighted by molar-refractivity contribution is 5.89. The van der Waals surface area contributed by atoms with E-state index in [2.05, 4.69) is 33.0 Å². The molecule has 2 rings (SSSR count). The van der Waals surface area contributed by atoms with E-state index < -0.39 is 5.54 Å². The van der Waals surface area contributed by atoms with Crippen LogP contribution < -0.4 is 11.1 Å². The summed E-state index contributed by atoms with van der Waals surface area (Å²) in [5.74, 6) is 0.193. The monoisotopic (exact) mass is 282 g/mol. The molecular formula is C16H30N2O2. The van der Waals surface area contributed by atoms with Crippen LogP contribution in [-0.2, 0) is 9.53 Å². The Bertz CT molecular complexity index is 369. The predicted molar refractivity (Wildman–Crippen MR) is 80.3 cm³/mol. The highest BCUT2D eigenvalue weighted by Gasteiger charge is 2.71. The van der Waals surface area contributed by atoms with Gasteiger partial charge in [0.05, 0.1) is 6.10 Å².